The summed E-state index contributed by atoms with van der Waals surface area (Å²) >= 11 is 0. The summed E-state index contributed by atoms with van der Waals surface area (Å²) in [6.07, 6.45) is 0. The quantitative estimate of drug-likeness (QED) is 0.620. The van der Waals surface area contributed by atoms with E-state index in [0.29, 0.717) is 13.1 Å². The van der Waals surface area contributed by atoms with Gasteiger partial charge in [-0.25, -0.2) is 0 Å². The van der Waals surface area contributed by atoms with Gasteiger partial charge in [-0.05, 0) is 24.6 Å². The largest absolute Gasteiger partial charge is 0.397 e. The standard InChI is InChI=1S/C12H18N2O2/c1-9-4-5-10(13)11(6-9)14-7-12(8-14,15-2)16-3/h4-6H,7-8,13H2,1-3H3. The molecule has 1 aromatic carbocycles. The molecule has 0 radical (unpaired) electrons. The van der Waals surface area contributed by atoms with E-state index in [1.54, 1.807) is 14.2 Å². The summed E-state index contributed by atoms with van der Waals surface area (Å²) in [6.45, 7) is 3.49. The average molecular weight is 222 g/mol. The van der Waals surface area contributed by atoms with Crippen molar-refractivity contribution in [3.8, 4) is 0 Å². The molecular weight excluding hydrogens is 204 g/mol. The number of ether oxygens (including phenoxy) is 2. The van der Waals surface area contributed by atoms with Crippen LogP contribution in [0, 0.1) is 6.92 Å². The average Bonchev–Trinajstić information content (AvgIpc) is 2.23. The molecule has 0 spiro atoms. The van der Waals surface area contributed by atoms with Crippen molar-refractivity contribution in [1.29, 1.82) is 0 Å². The molecule has 1 heterocycles. The Labute approximate surface area is 95.9 Å². The van der Waals surface area contributed by atoms with E-state index in [1.807, 2.05) is 12.1 Å². The lowest BCUT2D eigenvalue weighted by Gasteiger charge is -2.49. The molecule has 2 N–H and O–H groups in total. The molecule has 4 nitrogen and oxygen atoms in total. The number of methoxy groups -OCH3 is 2. The van der Waals surface area contributed by atoms with Crippen LogP contribution in [0.5, 0.6) is 0 Å². The summed E-state index contributed by atoms with van der Waals surface area (Å²) in [5, 5.41) is 0. The zero-order valence-corrected chi connectivity index (χ0v) is 9.99. The highest BCUT2D eigenvalue weighted by atomic mass is 16.7. The maximum Gasteiger partial charge on any atom is 0.203 e. The number of anilines is 2. The van der Waals surface area contributed by atoms with Gasteiger partial charge in [0.25, 0.3) is 0 Å². The number of nitrogens with two attached hydrogens (primary N) is 1. The predicted molar refractivity (Wildman–Crippen MR) is 64.6 cm³/mol. The number of aryl methyl sites for hydroxylation is 1. The van der Waals surface area contributed by atoms with E-state index < -0.39 is 5.79 Å². The first-order valence-electron chi connectivity index (χ1n) is 5.31. The number of rotatable bonds is 3. The van der Waals surface area contributed by atoms with Crippen LogP contribution < -0.4 is 10.6 Å². The lowest BCUT2D eigenvalue weighted by atomic mass is 10.0. The maximum absolute atomic E-state index is 5.95. The van der Waals surface area contributed by atoms with E-state index >= 15 is 0 Å². The van der Waals surface area contributed by atoms with Gasteiger partial charge < -0.3 is 20.1 Å². The van der Waals surface area contributed by atoms with Gasteiger partial charge in [-0.3, -0.25) is 0 Å². The van der Waals surface area contributed by atoms with Crippen molar-refractivity contribution in [2.75, 3.05) is 37.9 Å². The Morgan fingerprint density at radius 3 is 2.44 bits per heavy atom. The van der Waals surface area contributed by atoms with Crippen molar-refractivity contribution in [1.82, 2.24) is 0 Å². The molecule has 0 aliphatic carbocycles. The van der Waals surface area contributed by atoms with E-state index in [4.69, 9.17) is 15.2 Å². The van der Waals surface area contributed by atoms with Gasteiger partial charge in [-0.15, -0.1) is 0 Å². The third-order valence-electron chi connectivity index (χ3n) is 3.13. The molecule has 0 amide bonds. The lowest BCUT2D eigenvalue weighted by molar-refractivity contribution is -0.219. The minimum absolute atomic E-state index is 0.462. The Kier molecular flexibility index (Phi) is 2.78. The van der Waals surface area contributed by atoms with E-state index in [1.165, 1.54) is 5.56 Å². The first kappa shape index (κ1) is 11.2. The third kappa shape index (κ3) is 1.74. The fourth-order valence-electron chi connectivity index (χ4n) is 1.97. The molecule has 2 rings (SSSR count). The van der Waals surface area contributed by atoms with Gasteiger partial charge in [0.15, 0.2) is 0 Å². The number of nitrogen functional groups attached to an aromatic ring is 1. The molecule has 1 aliphatic rings. The molecule has 4 heteroatoms. The zero-order chi connectivity index (χ0) is 11.8. The monoisotopic (exact) mass is 222 g/mol. The minimum Gasteiger partial charge on any atom is -0.397 e. The second kappa shape index (κ2) is 3.96. The van der Waals surface area contributed by atoms with Crippen molar-refractivity contribution in [3.63, 3.8) is 0 Å². The third-order valence-corrected chi connectivity index (χ3v) is 3.13. The maximum atomic E-state index is 5.95. The molecule has 0 saturated carbocycles. The Morgan fingerprint density at radius 2 is 1.88 bits per heavy atom. The van der Waals surface area contributed by atoms with E-state index in [0.717, 1.165) is 11.4 Å². The van der Waals surface area contributed by atoms with Crippen LogP contribution in [0.3, 0.4) is 0 Å². The fraction of sp³-hybridized carbons (Fsp3) is 0.500. The highest BCUT2D eigenvalue weighted by molar-refractivity contribution is 5.70. The SMILES string of the molecule is COC1(OC)CN(c2cc(C)ccc2N)C1. The van der Waals surface area contributed by atoms with Crippen molar-refractivity contribution in [2.45, 2.75) is 12.7 Å². The van der Waals surface area contributed by atoms with Gasteiger partial charge in [-0.1, -0.05) is 6.07 Å². The van der Waals surface area contributed by atoms with Crippen LogP contribution >= 0.6 is 0 Å². The second-order valence-electron chi connectivity index (χ2n) is 4.24. The molecule has 1 saturated heterocycles. The van der Waals surface area contributed by atoms with Gasteiger partial charge in [0.2, 0.25) is 5.79 Å². The Morgan fingerprint density at radius 1 is 1.25 bits per heavy atom. The van der Waals surface area contributed by atoms with Crippen molar-refractivity contribution in [3.05, 3.63) is 23.8 Å². The first-order chi connectivity index (χ1) is 7.60. The zero-order valence-electron chi connectivity index (χ0n) is 9.99. The first-order valence-corrected chi connectivity index (χ1v) is 5.31. The molecule has 0 unspecified atom stereocenters. The van der Waals surface area contributed by atoms with Crippen LogP contribution in [0.15, 0.2) is 18.2 Å². The highest BCUT2D eigenvalue weighted by Crippen LogP contribution is 2.34. The summed E-state index contributed by atoms with van der Waals surface area (Å²) in [6, 6.07) is 6.04. The number of nitrogens with zero attached hydrogens (tertiary/aromatic N) is 1. The molecule has 0 atom stereocenters. The molecule has 1 aromatic rings. The van der Waals surface area contributed by atoms with E-state index in [9.17, 15) is 0 Å². The van der Waals surface area contributed by atoms with Gasteiger partial charge in [0.05, 0.1) is 24.5 Å². The van der Waals surface area contributed by atoms with Crippen LogP contribution in [0.1, 0.15) is 5.56 Å². The summed E-state index contributed by atoms with van der Waals surface area (Å²) in [5.41, 5.74) is 9.01. The summed E-state index contributed by atoms with van der Waals surface area (Å²) < 4.78 is 10.7. The van der Waals surface area contributed by atoms with Crippen LogP contribution in [0.4, 0.5) is 11.4 Å². The highest BCUT2D eigenvalue weighted by Gasteiger charge is 2.44. The Balaban J connectivity index is 2.14. The molecule has 0 aromatic heterocycles. The molecule has 16 heavy (non-hydrogen) atoms. The predicted octanol–water partition coefficient (Wildman–Crippen LogP) is 1.39. The van der Waals surface area contributed by atoms with Gasteiger partial charge >= 0.3 is 0 Å². The van der Waals surface area contributed by atoms with E-state index in [2.05, 4.69) is 17.9 Å². The van der Waals surface area contributed by atoms with Crippen LogP contribution in [-0.2, 0) is 9.47 Å². The number of benzene rings is 1. The molecular formula is C12H18N2O2. The number of hydrogen-bond acceptors (Lipinski definition) is 4. The smallest absolute Gasteiger partial charge is 0.203 e. The molecule has 0 bridgehead atoms. The normalized spacial score (nSPS) is 18.3. The molecule has 1 aliphatic heterocycles. The van der Waals surface area contributed by atoms with Gasteiger partial charge in [0, 0.05) is 14.2 Å². The van der Waals surface area contributed by atoms with Crippen LogP contribution in [-0.4, -0.2) is 33.1 Å². The topological polar surface area (TPSA) is 47.7 Å². The van der Waals surface area contributed by atoms with Crippen molar-refractivity contribution in [2.24, 2.45) is 0 Å². The Bertz CT molecular complexity index is 381. The van der Waals surface area contributed by atoms with Gasteiger partial charge in [0.1, 0.15) is 0 Å². The summed E-state index contributed by atoms with van der Waals surface area (Å²) in [7, 11) is 3.33. The van der Waals surface area contributed by atoms with Gasteiger partial charge in [-0.2, -0.15) is 0 Å². The molecule has 88 valence electrons. The van der Waals surface area contributed by atoms with Crippen LogP contribution in [0.2, 0.25) is 0 Å². The number of hydrogen-bond donors (Lipinski definition) is 1. The fourth-order valence-corrected chi connectivity index (χ4v) is 1.97. The minimum atomic E-state index is -0.462. The van der Waals surface area contributed by atoms with E-state index in [-0.39, 0.29) is 0 Å². The second-order valence-corrected chi connectivity index (χ2v) is 4.24. The molecule has 1 fully saturated rings. The van der Waals surface area contributed by atoms with Crippen molar-refractivity contribution < 1.29 is 9.47 Å². The summed E-state index contributed by atoms with van der Waals surface area (Å²) in [4.78, 5) is 2.16. The van der Waals surface area contributed by atoms with Crippen LogP contribution in [0.25, 0.3) is 0 Å². The summed E-state index contributed by atoms with van der Waals surface area (Å²) in [5.74, 6) is -0.462. The lowest BCUT2D eigenvalue weighted by Crippen LogP contribution is -2.64. The van der Waals surface area contributed by atoms with Crippen molar-refractivity contribution >= 4 is 11.4 Å². The Hall–Kier alpha value is -1.26.